The summed E-state index contributed by atoms with van der Waals surface area (Å²) in [5.74, 6) is 0.165. The highest BCUT2D eigenvalue weighted by atomic mass is 19.4. The zero-order valence-electron chi connectivity index (χ0n) is 24.6. The number of nitriles is 1. The highest BCUT2D eigenvalue weighted by Gasteiger charge is 2.29. The van der Waals surface area contributed by atoms with Gasteiger partial charge in [-0.3, -0.25) is 0 Å². The monoisotopic (exact) mass is 483 g/mol. The summed E-state index contributed by atoms with van der Waals surface area (Å²) in [6.07, 6.45) is -6.99. The third-order valence-electron chi connectivity index (χ3n) is 5.13. The van der Waals surface area contributed by atoms with Crippen molar-refractivity contribution < 1.29 is 36.0 Å². The summed E-state index contributed by atoms with van der Waals surface area (Å²) in [7, 11) is 0. The molecule has 1 heterocycles. The first-order chi connectivity index (χ1) is 18.5. The highest BCUT2D eigenvalue weighted by molar-refractivity contribution is 5.68. The van der Waals surface area contributed by atoms with E-state index in [1.165, 1.54) is 12.1 Å². The van der Waals surface area contributed by atoms with E-state index in [0.717, 1.165) is 10.5 Å². The van der Waals surface area contributed by atoms with Gasteiger partial charge in [-0.2, -0.15) is 18.4 Å². The van der Waals surface area contributed by atoms with Crippen molar-refractivity contribution in [2.75, 3.05) is 44.3 Å². The van der Waals surface area contributed by atoms with E-state index in [1.54, 1.807) is 24.3 Å². The number of para-hydroxylation sites is 2. The van der Waals surface area contributed by atoms with Gasteiger partial charge in [0.05, 0.1) is 14.0 Å². The van der Waals surface area contributed by atoms with Gasteiger partial charge < -0.3 is 24.8 Å². The van der Waals surface area contributed by atoms with Crippen LogP contribution in [0, 0.1) is 11.3 Å². The number of nitrogens with zero attached hydrogens (tertiary/aromatic N) is 2. The van der Waals surface area contributed by atoms with Crippen LogP contribution >= 0.6 is 0 Å². The zero-order chi connectivity index (χ0) is 29.9. The number of halogens is 3. The van der Waals surface area contributed by atoms with Crippen molar-refractivity contribution in [2.45, 2.75) is 38.4 Å². The quantitative estimate of drug-likeness (QED) is 0.447. The Morgan fingerprint density at radius 3 is 2.68 bits per heavy atom. The lowest BCUT2D eigenvalue weighted by molar-refractivity contribution is -0.153. The maximum absolute atomic E-state index is 12.5. The van der Waals surface area contributed by atoms with E-state index in [2.05, 4.69) is 5.32 Å². The number of fused-ring (bicyclic) bond motifs is 1. The first-order valence-corrected chi connectivity index (χ1v) is 10.7. The molecular weight excluding hydrogens is 447 g/mol. The van der Waals surface area contributed by atoms with Crippen LogP contribution in [0.15, 0.2) is 36.4 Å². The molecule has 3 rings (SSSR count). The van der Waals surface area contributed by atoms with Crippen LogP contribution in [0.25, 0.3) is 0 Å². The molecule has 0 radical (unpaired) electrons. The molecule has 0 aliphatic carbocycles. The summed E-state index contributed by atoms with van der Waals surface area (Å²) in [5, 5.41) is 22.6. The normalized spacial score (nSPS) is 17.8. The van der Waals surface area contributed by atoms with Gasteiger partial charge in [0.25, 0.3) is 0 Å². The molecule has 34 heavy (non-hydrogen) atoms. The standard InChI is InChI=1S/C25H30F3N3O3/c1-18(30-8-12-33-22-5-2-3-6-23(22)34-17-25(26,27)28)13-19-14-20-7-10-31(9-4-11-32)24(20)21(15-19)16-29/h2-3,5-6,14-15,18,30,32H,4,7-13,17H2,1H3/t18-/m1/s1/i4D2,9D2,11D2. The van der Waals surface area contributed by atoms with Crippen LogP contribution in [-0.2, 0) is 12.8 Å². The fourth-order valence-corrected chi connectivity index (χ4v) is 3.76. The minimum Gasteiger partial charge on any atom is -0.488 e. The van der Waals surface area contributed by atoms with E-state index in [0.29, 0.717) is 24.9 Å². The lowest BCUT2D eigenvalue weighted by Gasteiger charge is -2.21. The van der Waals surface area contributed by atoms with Crippen LogP contribution in [0.5, 0.6) is 11.5 Å². The van der Waals surface area contributed by atoms with E-state index in [-0.39, 0.29) is 41.9 Å². The summed E-state index contributed by atoms with van der Waals surface area (Å²) in [4.78, 5) is 0.994. The molecule has 0 unspecified atom stereocenters. The molecule has 1 aliphatic rings. The molecule has 2 aromatic rings. The lowest BCUT2D eigenvalue weighted by Crippen LogP contribution is -2.32. The molecule has 9 heteroatoms. The molecule has 0 saturated heterocycles. The Labute approximate surface area is 206 Å². The highest BCUT2D eigenvalue weighted by Crippen LogP contribution is 2.33. The molecule has 1 atom stereocenters. The predicted octanol–water partition coefficient (Wildman–Crippen LogP) is 3.84. The summed E-state index contributed by atoms with van der Waals surface area (Å²) in [6.45, 7) is -5.45. The molecule has 2 aromatic carbocycles. The van der Waals surface area contributed by atoms with Gasteiger partial charge in [-0.05, 0) is 55.5 Å². The Hall–Kier alpha value is -2.96. The average Bonchev–Trinajstić information content (AvgIpc) is 3.29. The second kappa shape index (κ2) is 12.0. The first-order valence-electron chi connectivity index (χ1n) is 13.7. The molecule has 0 fully saturated rings. The molecule has 184 valence electrons. The molecule has 0 bridgehead atoms. The Balaban J connectivity index is 1.63. The van der Waals surface area contributed by atoms with Crippen LogP contribution < -0.4 is 19.7 Å². The predicted molar refractivity (Wildman–Crippen MR) is 123 cm³/mol. The maximum atomic E-state index is 12.5. The van der Waals surface area contributed by atoms with Gasteiger partial charge in [0.15, 0.2) is 18.1 Å². The van der Waals surface area contributed by atoms with E-state index >= 15 is 0 Å². The smallest absolute Gasteiger partial charge is 0.422 e. The topological polar surface area (TPSA) is 77.8 Å². The molecule has 6 nitrogen and oxygen atoms in total. The Kier molecular flexibility index (Phi) is 6.46. The fourth-order valence-electron chi connectivity index (χ4n) is 3.76. The average molecular weight is 484 g/mol. The van der Waals surface area contributed by atoms with E-state index in [4.69, 9.17) is 17.7 Å². The van der Waals surface area contributed by atoms with Crippen LogP contribution in [0.2, 0.25) is 0 Å². The third-order valence-corrected chi connectivity index (χ3v) is 5.13. The summed E-state index contributed by atoms with van der Waals surface area (Å²) >= 11 is 0. The van der Waals surface area contributed by atoms with Gasteiger partial charge in [-0.15, -0.1) is 0 Å². The number of benzene rings is 2. The summed E-state index contributed by atoms with van der Waals surface area (Å²) in [6, 6.07) is 11.3. The molecule has 0 aromatic heterocycles. The van der Waals surface area contributed by atoms with Crippen molar-refractivity contribution >= 4 is 5.69 Å². The van der Waals surface area contributed by atoms with Crippen LogP contribution in [0.1, 0.15) is 38.2 Å². The Bertz CT molecular complexity index is 1230. The van der Waals surface area contributed by atoms with Crippen LogP contribution in [0.4, 0.5) is 18.9 Å². The number of aliphatic hydroxyl groups is 1. The van der Waals surface area contributed by atoms with Crippen molar-refractivity contribution in [2.24, 2.45) is 0 Å². The second-order valence-corrected chi connectivity index (χ2v) is 7.77. The van der Waals surface area contributed by atoms with Crippen molar-refractivity contribution in [1.29, 1.82) is 5.26 Å². The number of rotatable bonds is 12. The minimum absolute atomic E-state index is 0.00461. The van der Waals surface area contributed by atoms with Gasteiger partial charge in [0.1, 0.15) is 12.7 Å². The van der Waals surface area contributed by atoms with E-state index < -0.39 is 32.2 Å². The van der Waals surface area contributed by atoms with Crippen LogP contribution in [0.3, 0.4) is 0 Å². The summed E-state index contributed by atoms with van der Waals surface area (Å²) < 4.78 is 95.0. The first kappa shape index (κ1) is 18.4. The molecule has 0 saturated carbocycles. The summed E-state index contributed by atoms with van der Waals surface area (Å²) in [5.41, 5.74) is 1.65. The molecule has 1 aliphatic heterocycles. The van der Waals surface area contributed by atoms with Gasteiger partial charge in [-0.25, -0.2) is 0 Å². The van der Waals surface area contributed by atoms with Crippen molar-refractivity contribution in [3.05, 3.63) is 53.1 Å². The van der Waals surface area contributed by atoms with Crippen molar-refractivity contribution in [1.82, 2.24) is 5.32 Å². The van der Waals surface area contributed by atoms with Crippen molar-refractivity contribution in [3.8, 4) is 17.6 Å². The molecular formula is C25H30F3N3O3. The number of hydrogen-bond donors (Lipinski definition) is 2. The number of hydrogen-bond acceptors (Lipinski definition) is 6. The molecule has 0 spiro atoms. The SMILES string of the molecule is [2H]C([2H])(O)C([2H])([2H])C([2H])([2H])N1CCc2cc(C[C@@H](C)NCCOc3ccccc3OCC(F)(F)F)cc(C#N)c21. The fraction of sp³-hybridized carbons (Fsp3) is 0.480. The maximum Gasteiger partial charge on any atom is 0.422 e. The van der Waals surface area contributed by atoms with Gasteiger partial charge in [0.2, 0.25) is 0 Å². The zero-order valence-corrected chi connectivity index (χ0v) is 18.6. The van der Waals surface area contributed by atoms with Crippen LogP contribution in [-0.4, -0.2) is 56.7 Å². The molecule has 0 amide bonds. The largest absolute Gasteiger partial charge is 0.488 e. The number of ether oxygens (including phenoxy) is 2. The third kappa shape index (κ3) is 7.27. The second-order valence-electron chi connectivity index (χ2n) is 7.77. The van der Waals surface area contributed by atoms with E-state index in [9.17, 15) is 23.5 Å². The Morgan fingerprint density at radius 1 is 1.26 bits per heavy atom. The van der Waals surface area contributed by atoms with Gasteiger partial charge in [0, 0.05) is 37.7 Å². The van der Waals surface area contributed by atoms with Gasteiger partial charge >= 0.3 is 6.18 Å². The van der Waals surface area contributed by atoms with Gasteiger partial charge in [-0.1, -0.05) is 18.2 Å². The Morgan fingerprint density at radius 2 is 2.00 bits per heavy atom. The molecule has 2 N–H and O–H groups in total. The van der Waals surface area contributed by atoms with E-state index in [1.807, 2.05) is 13.0 Å². The number of nitrogens with one attached hydrogen (secondary N) is 1. The number of anilines is 1. The lowest BCUT2D eigenvalue weighted by atomic mass is 9.99. The van der Waals surface area contributed by atoms with Crippen molar-refractivity contribution in [3.63, 3.8) is 0 Å². The number of alkyl halides is 3. The minimum atomic E-state index is -4.47.